The van der Waals surface area contributed by atoms with Crippen LogP contribution in [0, 0.1) is 11.6 Å². The first-order chi connectivity index (χ1) is 21.8. The van der Waals surface area contributed by atoms with Crippen molar-refractivity contribution < 1.29 is 38.8 Å². The fourth-order valence-electron chi connectivity index (χ4n) is 6.24. The molecular weight excluding hydrogens is 610 g/mol. The largest absolute Gasteiger partial charge is 0.504 e. The van der Waals surface area contributed by atoms with Gasteiger partial charge in [0.25, 0.3) is 0 Å². The van der Waals surface area contributed by atoms with Crippen LogP contribution in [0.4, 0.5) is 20.2 Å². The Labute approximate surface area is 258 Å². The number of benzene rings is 2. The summed E-state index contributed by atoms with van der Waals surface area (Å²) in [6.07, 6.45) is 1.64. The summed E-state index contributed by atoms with van der Waals surface area (Å²) < 4.78 is 34.3. The van der Waals surface area contributed by atoms with E-state index in [4.69, 9.17) is 0 Å². The summed E-state index contributed by atoms with van der Waals surface area (Å²) in [6.45, 7) is 2.63. The number of H-pyrrole nitrogens is 2. The van der Waals surface area contributed by atoms with Crippen molar-refractivity contribution in [2.75, 3.05) is 76.3 Å². The Morgan fingerprint density at radius 2 is 0.978 bits per heavy atom. The average Bonchev–Trinajstić information content (AvgIpc) is 3.00. The van der Waals surface area contributed by atoms with Gasteiger partial charge in [-0.15, -0.1) is 0 Å². The quantitative estimate of drug-likeness (QED) is 0.185. The van der Waals surface area contributed by atoms with E-state index in [2.05, 4.69) is 9.97 Å². The number of nitrogens with zero attached hydrogens (tertiary/aromatic N) is 4. The number of hydrogen-bond donors (Lipinski definition) is 6. The van der Waals surface area contributed by atoms with Crippen LogP contribution in [0.15, 0.2) is 22.0 Å². The number of aromatic amines is 2. The number of carboxylic acid groups (broad SMARTS) is 2. The zero-order valence-corrected chi connectivity index (χ0v) is 24.8. The SMILES string of the molecule is CN1CCN(c2c(F)c(-c3c(F)c(N4CCN(C)CC4)c(O)c4[nH]cc(C(=O)O)c(=O)c34)c3c(=O)c(C(=O)O)c[nH]c3c2O)CC1. The molecule has 2 saturated heterocycles. The highest BCUT2D eigenvalue weighted by molar-refractivity contribution is 6.12. The van der Waals surface area contributed by atoms with Crippen molar-refractivity contribution in [2.45, 2.75) is 0 Å². The second kappa shape index (κ2) is 11.3. The molecule has 0 saturated carbocycles. The molecule has 0 atom stereocenters. The Hall–Kier alpha value is -5.22. The molecule has 2 aliphatic rings. The number of piperazine rings is 2. The Morgan fingerprint density at radius 1 is 0.652 bits per heavy atom. The van der Waals surface area contributed by atoms with Crippen molar-refractivity contribution in [1.82, 2.24) is 19.8 Å². The first-order valence-electron chi connectivity index (χ1n) is 14.4. The van der Waals surface area contributed by atoms with E-state index in [1.54, 1.807) is 0 Å². The lowest BCUT2D eigenvalue weighted by molar-refractivity contribution is 0.0684. The molecule has 14 nitrogen and oxygen atoms in total. The van der Waals surface area contributed by atoms with Crippen LogP contribution in [0.25, 0.3) is 32.9 Å². The third kappa shape index (κ3) is 4.68. The molecule has 0 unspecified atom stereocenters. The van der Waals surface area contributed by atoms with E-state index in [-0.39, 0.29) is 26.2 Å². The van der Waals surface area contributed by atoms with Gasteiger partial charge in [0.2, 0.25) is 10.9 Å². The molecule has 0 amide bonds. The smallest absolute Gasteiger partial charge is 0.341 e. The molecule has 0 bridgehead atoms. The molecule has 2 fully saturated rings. The molecule has 0 aliphatic carbocycles. The van der Waals surface area contributed by atoms with Crippen LogP contribution >= 0.6 is 0 Å². The van der Waals surface area contributed by atoms with E-state index >= 15 is 8.78 Å². The van der Waals surface area contributed by atoms with Gasteiger partial charge in [0, 0.05) is 75.9 Å². The van der Waals surface area contributed by atoms with Crippen molar-refractivity contribution in [1.29, 1.82) is 0 Å². The Morgan fingerprint density at radius 3 is 1.28 bits per heavy atom. The Bertz CT molecular complexity index is 1920. The highest BCUT2D eigenvalue weighted by Gasteiger charge is 2.35. The molecule has 46 heavy (non-hydrogen) atoms. The maximum Gasteiger partial charge on any atom is 0.341 e. The lowest BCUT2D eigenvalue weighted by Gasteiger charge is -2.36. The molecule has 0 spiro atoms. The van der Waals surface area contributed by atoms with E-state index in [1.165, 1.54) is 9.80 Å². The van der Waals surface area contributed by atoms with Gasteiger partial charge >= 0.3 is 11.9 Å². The number of rotatable bonds is 5. The zero-order chi connectivity index (χ0) is 33.2. The normalized spacial score (nSPS) is 16.4. The molecule has 6 N–H and O–H groups in total. The van der Waals surface area contributed by atoms with E-state index in [1.807, 2.05) is 23.9 Å². The van der Waals surface area contributed by atoms with Crippen LogP contribution in [0.1, 0.15) is 20.7 Å². The van der Waals surface area contributed by atoms with Crippen LogP contribution in [-0.2, 0) is 0 Å². The van der Waals surface area contributed by atoms with Crippen molar-refractivity contribution in [2.24, 2.45) is 0 Å². The monoisotopic (exact) mass is 640 g/mol. The zero-order valence-electron chi connectivity index (χ0n) is 24.8. The number of carboxylic acids is 2. The number of pyridine rings is 2. The van der Waals surface area contributed by atoms with Gasteiger partial charge in [0.1, 0.15) is 22.5 Å². The summed E-state index contributed by atoms with van der Waals surface area (Å²) >= 11 is 0. The molecular formula is C30H30F2N6O8. The number of hydrogen-bond acceptors (Lipinski definition) is 10. The van der Waals surface area contributed by atoms with Gasteiger partial charge < -0.3 is 50.0 Å². The maximum atomic E-state index is 17.2. The number of phenolic OH excluding ortho intramolecular Hbond substituents is 2. The molecule has 2 aliphatic heterocycles. The second-order valence-corrected chi connectivity index (χ2v) is 11.5. The lowest BCUT2D eigenvalue weighted by atomic mass is 9.91. The number of phenols is 2. The summed E-state index contributed by atoms with van der Waals surface area (Å²) in [7, 11) is 3.68. The maximum absolute atomic E-state index is 17.2. The van der Waals surface area contributed by atoms with Crippen molar-refractivity contribution >= 4 is 45.1 Å². The second-order valence-electron chi connectivity index (χ2n) is 11.5. The summed E-state index contributed by atoms with van der Waals surface area (Å²) in [6, 6.07) is 0. The highest BCUT2D eigenvalue weighted by atomic mass is 19.1. The van der Waals surface area contributed by atoms with Gasteiger partial charge in [0.05, 0.1) is 21.8 Å². The van der Waals surface area contributed by atoms with Crippen molar-refractivity contribution in [3.8, 4) is 22.6 Å². The molecule has 6 rings (SSSR count). The number of aromatic hydroxyl groups is 2. The molecule has 2 aromatic heterocycles. The van der Waals surface area contributed by atoms with Crippen LogP contribution in [0.2, 0.25) is 0 Å². The minimum absolute atomic E-state index is 0.207. The number of carbonyl (C=O) groups is 2. The summed E-state index contributed by atoms with van der Waals surface area (Å²) in [5.41, 5.74) is -7.73. The fourth-order valence-corrected chi connectivity index (χ4v) is 6.24. The predicted octanol–water partition coefficient (Wildman–Crippen LogP) is 1.63. The third-order valence-electron chi connectivity index (χ3n) is 8.79. The average molecular weight is 641 g/mol. The fraction of sp³-hybridized carbons (Fsp3) is 0.333. The standard InChI is InChI=1S/C30H30F2N6O8/c1-35-3-7-37(8-4-35)23-19(31)15(17-21(27(23)41)33-11-13(25(17)39)29(43)44)16-18-22(34-12-14(26(18)40)30(45)46)28(42)24(20(16)32)38-9-5-36(2)6-10-38/h11-12,41-42H,3-10H2,1-2H3,(H,33,39)(H,34,40)(H,43,44)(H,45,46). The molecule has 4 aromatic rings. The molecule has 16 heteroatoms. The van der Waals surface area contributed by atoms with E-state index in [9.17, 15) is 39.6 Å². The van der Waals surface area contributed by atoms with Crippen LogP contribution < -0.4 is 20.7 Å². The van der Waals surface area contributed by atoms with E-state index < -0.39 is 101 Å². The van der Waals surface area contributed by atoms with Crippen molar-refractivity contribution in [3.63, 3.8) is 0 Å². The van der Waals surface area contributed by atoms with Gasteiger partial charge in [0.15, 0.2) is 23.1 Å². The van der Waals surface area contributed by atoms with Crippen LogP contribution in [-0.4, -0.2) is 119 Å². The number of nitrogens with one attached hydrogen (secondary N) is 2. The van der Waals surface area contributed by atoms with Gasteiger partial charge in [-0.1, -0.05) is 0 Å². The number of aromatic carboxylic acids is 2. The molecule has 2 aromatic carbocycles. The van der Waals surface area contributed by atoms with Crippen molar-refractivity contribution in [3.05, 3.63) is 55.6 Å². The summed E-state index contributed by atoms with van der Waals surface area (Å²) in [5, 5.41) is 40.6. The molecule has 0 radical (unpaired) electrons. The number of aromatic nitrogens is 2. The first kappa shape index (κ1) is 30.8. The number of likely N-dealkylation sites (N-methyl/N-ethyl adjacent to an activating group) is 2. The summed E-state index contributed by atoms with van der Waals surface area (Å²) in [5.74, 6) is -7.54. The van der Waals surface area contributed by atoms with Gasteiger partial charge in [-0.3, -0.25) is 9.59 Å². The minimum Gasteiger partial charge on any atom is -0.504 e. The number of anilines is 2. The molecule has 242 valence electrons. The van der Waals surface area contributed by atoms with Crippen LogP contribution in [0.5, 0.6) is 11.5 Å². The Kier molecular flexibility index (Phi) is 7.56. The van der Waals surface area contributed by atoms with Crippen LogP contribution in [0.3, 0.4) is 0 Å². The number of halogens is 2. The predicted molar refractivity (Wildman–Crippen MR) is 165 cm³/mol. The summed E-state index contributed by atoms with van der Waals surface area (Å²) in [4.78, 5) is 63.4. The van der Waals surface area contributed by atoms with Gasteiger partial charge in [-0.25, -0.2) is 18.4 Å². The van der Waals surface area contributed by atoms with E-state index in [0.29, 0.717) is 26.2 Å². The highest BCUT2D eigenvalue weighted by Crippen LogP contribution is 2.49. The molecule has 4 heterocycles. The third-order valence-corrected chi connectivity index (χ3v) is 8.79. The van der Waals surface area contributed by atoms with E-state index in [0.717, 1.165) is 12.4 Å². The number of fused-ring (bicyclic) bond motifs is 2. The lowest BCUT2D eigenvalue weighted by Crippen LogP contribution is -2.45. The van der Waals surface area contributed by atoms with Gasteiger partial charge in [-0.05, 0) is 14.1 Å². The topological polar surface area (TPSA) is 194 Å². The minimum atomic E-state index is -1.70. The first-order valence-corrected chi connectivity index (χ1v) is 14.4. The Balaban J connectivity index is 1.84. The van der Waals surface area contributed by atoms with Gasteiger partial charge in [-0.2, -0.15) is 0 Å².